The number of amides is 1. The van der Waals surface area contributed by atoms with Crippen LogP contribution in [0.3, 0.4) is 0 Å². The number of fused-ring (bicyclic) bond motifs is 1. The van der Waals surface area contributed by atoms with Crippen LogP contribution in [0.5, 0.6) is 0 Å². The number of aromatic nitrogens is 2. The summed E-state index contributed by atoms with van der Waals surface area (Å²) in [6, 6.07) is 1.77. The van der Waals surface area contributed by atoms with Gasteiger partial charge in [0.1, 0.15) is 9.90 Å². The molecule has 0 radical (unpaired) electrons. The Morgan fingerprint density at radius 2 is 2.21 bits per heavy atom. The van der Waals surface area contributed by atoms with Crippen LogP contribution in [0.2, 0.25) is 0 Å². The van der Waals surface area contributed by atoms with Crippen molar-refractivity contribution in [1.29, 1.82) is 0 Å². The Morgan fingerprint density at radius 3 is 2.84 bits per heavy atom. The molecule has 0 bridgehead atoms. The first kappa shape index (κ1) is 12.4. The van der Waals surface area contributed by atoms with Gasteiger partial charge < -0.3 is 5.32 Å². The number of nitrogens with one attached hydrogen (secondary N) is 2. The van der Waals surface area contributed by atoms with Crippen molar-refractivity contribution in [2.75, 3.05) is 12.8 Å². The van der Waals surface area contributed by atoms with Crippen LogP contribution in [0, 0.1) is 0 Å². The number of carbonyl (C=O) groups excluding carboxylic acids is 1. The largest absolute Gasteiger partial charge is 0.352 e. The molecule has 8 heteroatoms. The van der Waals surface area contributed by atoms with Gasteiger partial charge >= 0.3 is 0 Å². The lowest BCUT2D eigenvalue weighted by Crippen LogP contribution is -2.32. The predicted molar refractivity (Wildman–Crippen MR) is 71.0 cm³/mol. The Hall–Kier alpha value is -1.67. The van der Waals surface area contributed by atoms with Crippen LogP contribution < -0.4 is 5.32 Å². The highest BCUT2D eigenvalue weighted by molar-refractivity contribution is 7.93. The van der Waals surface area contributed by atoms with E-state index < -0.39 is 9.84 Å². The number of sulfone groups is 1. The average molecular weight is 297 g/mol. The van der Waals surface area contributed by atoms with E-state index in [0.717, 1.165) is 28.0 Å². The quantitative estimate of drug-likeness (QED) is 0.858. The molecule has 2 aromatic rings. The Labute approximate surface area is 113 Å². The van der Waals surface area contributed by atoms with Crippen molar-refractivity contribution < 1.29 is 13.2 Å². The molecule has 3 rings (SSSR count). The van der Waals surface area contributed by atoms with E-state index in [1.807, 2.05) is 0 Å². The highest BCUT2D eigenvalue weighted by Gasteiger charge is 2.31. The van der Waals surface area contributed by atoms with Gasteiger partial charge in [0.25, 0.3) is 5.91 Å². The van der Waals surface area contributed by atoms with Crippen LogP contribution in [0.25, 0.3) is 10.6 Å². The number of thiophene rings is 1. The molecule has 0 saturated heterocycles. The predicted octanol–water partition coefficient (Wildman–Crippen LogP) is 0.828. The molecule has 6 nitrogen and oxygen atoms in total. The Kier molecular flexibility index (Phi) is 2.72. The molecule has 1 aliphatic rings. The van der Waals surface area contributed by atoms with Gasteiger partial charge in [-0.05, 0) is 18.1 Å². The molecule has 0 unspecified atom stereocenters. The van der Waals surface area contributed by atoms with E-state index in [4.69, 9.17) is 0 Å². The molecule has 19 heavy (non-hydrogen) atoms. The molecule has 0 atom stereocenters. The number of nitrogens with zero attached hydrogens (tertiary/aromatic N) is 1. The number of hydrogen-bond donors (Lipinski definition) is 2. The number of rotatable bonds is 2. The molecule has 1 amide bonds. The lowest BCUT2D eigenvalue weighted by Gasteiger charge is -2.14. The fourth-order valence-electron chi connectivity index (χ4n) is 2.15. The summed E-state index contributed by atoms with van der Waals surface area (Å²) in [6.45, 7) is 0.517. The van der Waals surface area contributed by atoms with Gasteiger partial charge in [0.15, 0.2) is 9.84 Å². The molecule has 0 fully saturated rings. The zero-order chi connectivity index (χ0) is 13.6. The molecule has 3 heterocycles. The molecule has 0 aliphatic carbocycles. The SMILES string of the molecule is CS(=O)(=O)c1sc(-c2cc[nH]n2)c2c1C(=O)NCC2. The topological polar surface area (TPSA) is 91.9 Å². The molecule has 0 aromatic carbocycles. The number of aromatic amines is 1. The minimum Gasteiger partial charge on any atom is -0.352 e. The summed E-state index contributed by atoms with van der Waals surface area (Å²) in [6.07, 6.45) is 3.41. The van der Waals surface area contributed by atoms with Crippen molar-refractivity contribution in [2.24, 2.45) is 0 Å². The smallest absolute Gasteiger partial charge is 0.253 e. The zero-order valence-electron chi connectivity index (χ0n) is 10.1. The summed E-state index contributed by atoms with van der Waals surface area (Å²) in [5.41, 5.74) is 1.74. The van der Waals surface area contributed by atoms with Crippen molar-refractivity contribution in [3.63, 3.8) is 0 Å². The first-order valence-electron chi connectivity index (χ1n) is 5.62. The van der Waals surface area contributed by atoms with E-state index in [2.05, 4.69) is 15.5 Å². The maximum absolute atomic E-state index is 11.9. The Morgan fingerprint density at radius 1 is 1.42 bits per heavy atom. The van der Waals surface area contributed by atoms with Crippen molar-refractivity contribution in [2.45, 2.75) is 10.6 Å². The maximum Gasteiger partial charge on any atom is 0.253 e. The summed E-state index contributed by atoms with van der Waals surface area (Å²) >= 11 is 1.11. The number of carbonyl (C=O) groups is 1. The minimum absolute atomic E-state index is 0.123. The van der Waals surface area contributed by atoms with Gasteiger partial charge in [-0.2, -0.15) is 5.10 Å². The standard InChI is InChI=1S/C11H11N3O3S2/c1-19(16,17)11-8-6(2-4-12-10(8)15)9(18-11)7-3-5-13-14-7/h3,5H,2,4H2,1H3,(H,12,15)(H,13,14). The monoisotopic (exact) mass is 297 g/mol. The number of H-pyrrole nitrogens is 1. The molecule has 0 spiro atoms. The Bertz CT molecular complexity index is 744. The van der Waals surface area contributed by atoms with Gasteiger partial charge in [-0.15, -0.1) is 11.3 Å². The van der Waals surface area contributed by atoms with Crippen molar-refractivity contribution in [3.05, 3.63) is 23.4 Å². The average Bonchev–Trinajstić information content (AvgIpc) is 2.94. The molecule has 100 valence electrons. The van der Waals surface area contributed by atoms with Crippen LogP contribution in [-0.4, -0.2) is 37.3 Å². The fraction of sp³-hybridized carbons (Fsp3) is 0.273. The molecule has 1 aliphatic heterocycles. The Balaban J connectivity index is 2.32. The van der Waals surface area contributed by atoms with E-state index >= 15 is 0 Å². The first-order chi connectivity index (χ1) is 8.98. The lowest BCUT2D eigenvalue weighted by atomic mass is 10.0. The van der Waals surface area contributed by atoms with Crippen LogP contribution >= 0.6 is 11.3 Å². The second-order valence-electron chi connectivity index (χ2n) is 4.31. The first-order valence-corrected chi connectivity index (χ1v) is 8.33. The van der Waals surface area contributed by atoms with Crippen LogP contribution in [-0.2, 0) is 16.3 Å². The molecular formula is C11H11N3O3S2. The third-order valence-electron chi connectivity index (χ3n) is 2.93. The highest BCUT2D eigenvalue weighted by atomic mass is 32.2. The van der Waals surface area contributed by atoms with Gasteiger partial charge in [0.2, 0.25) is 0 Å². The third-order valence-corrected chi connectivity index (χ3v) is 6.02. The van der Waals surface area contributed by atoms with Gasteiger partial charge in [-0.3, -0.25) is 9.89 Å². The van der Waals surface area contributed by atoms with E-state index in [-0.39, 0.29) is 15.7 Å². The molecular weight excluding hydrogens is 286 g/mol. The van der Waals surface area contributed by atoms with Crippen molar-refractivity contribution in [1.82, 2.24) is 15.5 Å². The van der Waals surface area contributed by atoms with Gasteiger partial charge in [0.05, 0.1) is 10.4 Å². The second-order valence-corrected chi connectivity index (χ2v) is 7.54. The second kappa shape index (κ2) is 4.17. The van der Waals surface area contributed by atoms with E-state index in [1.165, 1.54) is 0 Å². The summed E-state index contributed by atoms with van der Waals surface area (Å²) < 4.78 is 23.8. The summed E-state index contributed by atoms with van der Waals surface area (Å²) in [7, 11) is -3.43. The minimum atomic E-state index is -3.43. The third kappa shape index (κ3) is 1.96. The van der Waals surface area contributed by atoms with Gasteiger partial charge in [-0.1, -0.05) is 0 Å². The van der Waals surface area contributed by atoms with Crippen molar-refractivity contribution >= 4 is 27.1 Å². The van der Waals surface area contributed by atoms with E-state index in [9.17, 15) is 13.2 Å². The van der Waals surface area contributed by atoms with E-state index in [0.29, 0.717) is 18.7 Å². The summed E-state index contributed by atoms with van der Waals surface area (Å²) in [4.78, 5) is 12.7. The maximum atomic E-state index is 11.9. The summed E-state index contributed by atoms with van der Waals surface area (Å²) in [5, 5.41) is 9.46. The zero-order valence-corrected chi connectivity index (χ0v) is 11.7. The van der Waals surface area contributed by atoms with Gasteiger partial charge in [-0.25, -0.2) is 8.42 Å². The van der Waals surface area contributed by atoms with Crippen molar-refractivity contribution in [3.8, 4) is 10.6 Å². The normalized spacial score (nSPS) is 15.1. The fourth-order valence-corrected chi connectivity index (χ4v) is 4.65. The lowest BCUT2D eigenvalue weighted by molar-refractivity contribution is 0.0943. The highest BCUT2D eigenvalue weighted by Crippen LogP contribution is 2.39. The van der Waals surface area contributed by atoms with Crippen LogP contribution in [0.4, 0.5) is 0 Å². The molecule has 2 N–H and O–H groups in total. The van der Waals surface area contributed by atoms with Crippen LogP contribution in [0.15, 0.2) is 16.5 Å². The summed E-state index contributed by atoms with van der Waals surface area (Å²) in [5.74, 6) is -0.320. The van der Waals surface area contributed by atoms with Gasteiger partial charge in [0, 0.05) is 19.0 Å². The molecule has 2 aromatic heterocycles. The van der Waals surface area contributed by atoms with Crippen LogP contribution in [0.1, 0.15) is 15.9 Å². The van der Waals surface area contributed by atoms with E-state index in [1.54, 1.807) is 12.3 Å². The molecule has 0 saturated carbocycles. The number of hydrogen-bond acceptors (Lipinski definition) is 5.